The highest BCUT2D eigenvalue weighted by atomic mass is 79.9. The number of alkyl halides is 2. The molecular weight excluding hydrogens is 440 g/mol. The number of hydrogen-bond acceptors (Lipinski definition) is 3. The molecule has 0 aliphatic carbocycles. The molecule has 0 spiro atoms. The first-order chi connectivity index (χ1) is 11.1. The van der Waals surface area contributed by atoms with Crippen LogP contribution in [0, 0.1) is 0 Å². The van der Waals surface area contributed by atoms with Gasteiger partial charge in [-0.1, -0.05) is 74.3 Å². The van der Waals surface area contributed by atoms with Crippen LogP contribution in [-0.2, 0) is 0 Å². The van der Waals surface area contributed by atoms with Gasteiger partial charge in [-0.25, -0.2) is 0 Å². The molecule has 1 heterocycles. The van der Waals surface area contributed by atoms with Gasteiger partial charge >= 0.3 is 0 Å². The Morgan fingerprint density at radius 1 is 1.04 bits per heavy atom. The van der Waals surface area contributed by atoms with Gasteiger partial charge in [0.25, 0.3) is 0 Å². The van der Waals surface area contributed by atoms with Crippen LogP contribution in [0.25, 0.3) is 10.1 Å². The van der Waals surface area contributed by atoms with E-state index >= 15 is 0 Å². The Labute approximate surface area is 155 Å². The minimum Gasteiger partial charge on any atom is -0.494 e. The highest BCUT2D eigenvalue weighted by Crippen LogP contribution is 2.41. The minimum atomic E-state index is -0.369. The van der Waals surface area contributed by atoms with E-state index in [9.17, 15) is 4.79 Å². The molecule has 0 amide bonds. The zero-order valence-corrected chi connectivity index (χ0v) is 16.3. The molecule has 0 saturated carbocycles. The van der Waals surface area contributed by atoms with Crippen LogP contribution in [0.1, 0.15) is 20.1 Å². The summed E-state index contributed by atoms with van der Waals surface area (Å²) in [6.07, 6.45) is 0. The Hall–Kier alpha value is -1.17. The third kappa shape index (κ3) is 3.23. The molecule has 2 nitrogen and oxygen atoms in total. The van der Waals surface area contributed by atoms with Crippen molar-refractivity contribution >= 4 is 59.1 Å². The second-order valence-electron chi connectivity index (χ2n) is 5.04. The van der Waals surface area contributed by atoms with Crippen LogP contribution in [0.2, 0.25) is 0 Å². The van der Waals surface area contributed by atoms with E-state index in [0.717, 1.165) is 15.6 Å². The van der Waals surface area contributed by atoms with Gasteiger partial charge in [0.2, 0.25) is 0 Å². The van der Waals surface area contributed by atoms with Crippen molar-refractivity contribution < 1.29 is 9.53 Å². The standard InChI is InChI=1S/C18H14Br2O2S/c1-22-17-12-9-5-6-10-13(12)23-18(17)16(21)15(20)14(19)11-7-3-2-4-8-11/h2-10,14-15H,1H3. The Balaban J connectivity index is 1.97. The van der Waals surface area contributed by atoms with E-state index in [4.69, 9.17) is 4.74 Å². The smallest absolute Gasteiger partial charge is 0.191 e. The zero-order chi connectivity index (χ0) is 16.4. The van der Waals surface area contributed by atoms with Crippen molar-refractivity contribution in [2.45, 2.75) is 9.65 Å². The van der Waals surface area contributed by atoms with Gasteiger partial charge < -0.3 is 4.74 Å². The number of halogens is 2. The summed E-state index contributed by atoms with van der Waals surface area (Å²) in [5.74, 6) is 0.682. The fraction of sp³-hybridized carbons (Fsp3) is 0.167. The lowest BCUT2D eigenvalue weighted by Gasteiger charge is -2.16. The Kier molecular flexibility index (Phi) is 5.19. The largest absolute Gasteiger partial charge is 0.494 e. The molecule has 118 valence electrons. The monoisotopic (exact) mass is 452 g/mol. The second-order valence-corrected chi connectivity index (χ2v) is 8.06. The van der Waals surface area contributed by atoms with Gasteiger partial charge in [0.05, 0.1) is 16.8 Å². The number of thiophene rings is 1. The highest BCUT2D eigenvalue weighted by Gasteiger charge is 2.30. The molecule has 0 radical (unpaired) electrons. The van der Waals surface area contributed by atoms with Crippen molar-refractivity contribution in [1.29, 1.82) is 0 Å². The number of fused-ring (bicyclic) bond motifs is 1. The fourth-order valence-corrected chi connectivity index (χ4v) is 4.83. The number of carbonyl (C=O) groups is 1. The normalized spacial score (nSPS) is 13.7. The molecule has 1 aromatic heterocycles. The van der Waals surface area contributed by atoms with Crippen LogP contribution >= 0.6 is 43.2 Å². The number of methoxy groups -OCH3 is 1. The summed E-state index contributed by atoms with van der Waals surface area (Å²) in [5.41, 5.74) is 1.06. The lowest BCUT2D eigenvalue weighted by molar-refractivity contribution is 0.0992. The number of benzene rings is 2. The first kappa shape index (κ1) is 16.7. The van der Waals surface area contributed by atoms with E-state index < -0.39 is 0 Å². The van der Waals surface area contributed by atoms with Crippen molar-refractivity contribution in [3.05, 3.63) is 65.0 Å². The molecule has 0 fully saturated rings. The van der Waals surface area contributed by atoms with E-state index in [-0.39, 0.29) is 15.4 Å². The summed E-state index contributed by atoms with van der Waals surface area (Å²) >= 11 is 8.67. The van der Waals surface area contributed by atoms with E-state index in [1.165, 1.54) is 11.3 Å². The number of Topliss-reactive ketones (excluding diaryl/α,β-unsaturated/α-hetero) is 1. The van der Waals surface area contributed by atoms with Crippen molar-refractivity contribution in [3.63, 3.8) is 0 Å². The van der Waals surface area contributed by atoms with Crippen LogP contribution in [-0.4, -0.2) is 17.7 Å². The summed E-state index contributed by atoms with van der Waals surface area (Å²) in [6, 6.07) is 17.8. The molecule has 2 atom stereocenters. The van der Waals surface area contributed by atoms with Crippen molar-refractivity contribution in [2.75, 3.05) is 7.11 Å². The van der Waals surface area contributed by atoms with Gasteiger partial charge in [-0.15, -0.1) is 11.3 Å². The Morgan fingerprint density at radius 2 is 1.70 bits per heavy atom. The van der Waals surface area contributed by atoms with Crippen LogP contribution in [0.4, 0.5) is 0 Å². The maximum absolute atomic E-state index is 13.0. The molecule has 2 unspecified atom stereocenters. The number of ketones is 1. The molecule has 2 aromatic carbocycles. The highest BCUT2D eigenvalue weighted by molar-refractivity contribution is 9.12. The number of ether oxygens (including phenoxy) is 1. The predicted molar refractivity (Wildman–Crippen MR) is 104 cm³/mol. The summed E-state index contributed by atoms with van der Waals surface area (Å²) < 4.78 is 6.56. The summed E-state index contributed by atoms with van der Waals surface area (Å²) in [7, 11) is 1.61. The Bertz CT molecular complexity index is 829. The molecule has 0 saturated heterocycles. The van der Waals surface area contributed by atoms with E-state index in [1.54, 1.807) is 7.11 Å². The summed E-state index contributed by atoms with van der Waals surface area (Å²) in [6.45, 7) is 0. The van der Waals surface area contributed by atoms with Crippen LogP contribution in [0.3, 0.4) is 0 Å². The fourth-order valence-electron chi connectivity index (χ4n) is 2.45. The maximum Gasteiger partial charge on any atom is 0.191 e. The number of carbonyl (C=O) groups excluding carboxylic acids is 1. The first-order valence-electron chi connectivity index (χ1n) is 7.06. The minimum absolute atomic E-state index is 0.0220. The Morgan fingerprint density at radius 3 is 2.39 bits per heavy atom. The van der Waals surface area contributed by atoms with Gasteiger partial charge in [-0.2, -0.15) is 0 Å². The third-order valence-corrected chi connectivity index (χ3v) is 7.48. The maximum atomic E-state index is 13.0. The quantitative estimate of drug-likeness (QED) is 0.350. The number of hydrogen-bond donors (Lipinski definition) is 0. The van der Waals surface area contributed by atoms with Gasteiger partial charge in [0, 0.05) is 10.1 Å². The molecule has 0 bridgehead atoms. The molecule has 0 aliphatic rings. The van der Waals surface area contributed by atoms with Crippen molar-refractivity contribution in [3.8, 4) is 5.75 Å². The average Bonchev–Trinajstić information content (AvgIpc) is 2.99. The van der Waals surface area contributed by atoms with Gasteiger partial charge in [0.1, 0.15) is 10.6 Å². The van der Waals surface area contributed by atoms with Crippen LogP contribution in [0.15, 0.2) is 54.6 Å². The lowest BCUT2D eigenvalue weighted by atomic mass is 10.1. The molecule has 3 aromatic rings. The third-order valence-electron chi connectivity index (χ3n) is 3.60. The number of rotatable bonds is 5. The topological polar surface area (TPSA) is 26.3 Å². The van der Waals surface area contributed by atoms with Gasteiger partial charge in [0.15, 0.2) is 5.78 Å². The first-order valence-corrected chi connectivity index (χ1v) is 9.71. The van der Waals surface area contributed by atoms with Gasteiger partial charge in [-0.05, 0) is 17.7 Å². The zero-order valence-electron chi connectivity index (χ0n) is 12.3. The van der Waals surface area contributed by atoms with Crippen LogP contribution in [0.5, 0.6) is 5.75 Å². The van der Waals surface area contributed by atoms with E-state index in [0.29, 0.717) is 10.6 Å². The average molecular weight is 454 g/mol. The molecule has 23 heavy (non-hydrogen) atoms. The summed E-state index contributed by atoms with van der Waals surface area (Å²) in [5, 5.41) is 0.980. The van der Waals surface area contributed by atoms with Gasteiger partial charge in [-0.3, -0.25) is 4.79 Å². The summed E-state index contributed by atoms with van der Waals surface area (Å²) in [4.78, 5) is 13.1. The van der Waals surface area contributed by atoms with Crippen LogP contribution < -0.4 is 4.74 Å². The van der Waals surface area contributed by atoms with E-state index in [2.05, 4.69) is 31.9 Å². The molecular formula is C18H14Br2O2S. The lowest BCUT2D eigenvalue weighted by Crippen LogP contribution is -2.18. The second kappa shape index (κ2) is 7.16. The van der Waals surface area contributed by atoms with Crippen molar-refractivity contribution in [2.24, 2.45) is 0 Å². The van der Waals surface area contributed by atoms with E-state index in [1.807, 2.05) is 54.6 Å². The molecule has 3 rings (SSSR count). The SMILES string of the molecule is COc1c(C(=O)C(Br)C(Br)c2ccccc2)sc2ccccc12. The molecule has 5 heteroatoms. The van der Waals surface area contributed by atoms with Crippen molar-refractivity contribution in [1.82, 2.24) is 0 Å². The molecule has 0 N–H and O–H groups in total. The molecule has 0 aliphatic heterocycles. The predicted octanol–water partition coefficient (Wildman–Crippen LogP) is 5.99.